The Labute approximate surface area is 174 Å². The molecule has 1 N–H and O–H groups in total. The van der Waals surface area contributed by atoms with Crippen LogP contribution in [-0.4, -0.2) is 46.2 Å². The lowest BCUT2D eigenvalue weighted by Crippen LogP contribution is -2.36. The number of ether oxygens (including phenoxy) is 2. The summed E-state index contributed by atoms with van der Waals surface area (Å²) >= 11 is 0. The van der Waals surface area contributed by atoms with E-state index >= 15 is 0 Å². The van der Waals surface area contributed by atoms with Crippen LogP contribution in [0.25, 0.3) is 0 Å². The SMILES string of the molecule is CN(CC(O)c1ccc(OC(=O)c2cccc([N+](=O)[O-])c2)cc1)C(=O)OC(C)(C)C. The lowest BCUT2D eigenvalue weighted by Gasteiger charge is -2.26. The van der Waals surface area contributed by atoms with Crippen molar-refractivity contribution in [1.82, 2.24) is 4.90 Å². The van der Waals surface area contributed by atoms with Gasteiger partial charge in [0, 0.05) is 19.2 Å². The van der Waals surface area contributed by atoms with Crippen LogP contribution in [0.2, 0.25) is 0 Å². The molecule has 0 saturated carbocycles. The number of amides is 1. The maximum atomic E-state index is 12.2. The molecule has 0 aliphatic heterocycles. The van der Waals surface area contributed by atoms with Crippen LogP contribution in [0, 0.1) is 10.1 Å². The molecule has 0 aliphatic rings. The molecule has 160 valence electrons. The average molecular weight is 416 g/mol. The van der Waals surface area contributed by atoms with Crippen molar-refractivity contribution in [3.63, 3.8) is 0 Å². The zero-order valence-corrected chi connectivity index (χ0v) is 17.2. The van der Waals surface area contributed by atoms with Crippen molar-refractivity contribution < 1.29 is 29.1 Å². The van der Waals surface area contributed by atoms with Crippen LogP contribution in [0.1, 0.15) is 42.8 Å². The van der Waals surface area contributed by atoms with Gasteiger partial charge in [-0.05, 0) is 44.5 Å². The second kappa shape index (κ2) is 9.36. The maximum Gasteiger partial charge on any atom is 0.410 e. The highest BCUT2D eigenvalue weighted by Crippen LogP contribution is 2.21. The summed E-state index contributed by atoms with van der Waals surface area (Å²) in [6.07, 6.45) is -1.52. The fraction of sp³-hybridized carbons (Fsp3) is 0.333. The molecule has 9 heteroatoms. The van der Waals surface area contributed by atoms with Gasteiger partial charge in [-0.25, -0.2) is 9.59 Å². The number of carbonyl (C=O) groups is 2. The predicted octanol–water partition coefficient (Wildman–Crippen LogP) is 3.71. The lowest BCUT2D eigenvalue weighted by atomic mass is 10.1. The first kappa shape index (κ1) is 22.8. The topological polar surface area (TPSA) is 119 Å². The van der Waals surface area contributed by atoms with E-state index in [2.05, 4.69) is 0 Å². The van der Waals surface area contributed by atoms with Crippen molar-refractivity contribution in [2.24, 2.45) is 0 Å². The number of likely N-dealkylation sites (N-methyl/N-ethyl adjacent to an activating group) is 1. The zero-order chi connectivity index (χ0) is 22.5. The van der Waals surface area contributed by atoms with Gasteiger partial charge in [-0.2, -0.15) is 0 Å². The molecule has 0 fully saturated rings. The van der Waals surface area contributed by atoms with Crippen molar-refractivity contribution >= 4 is 17.7 Å². The number of esters is 1. The van der Waals surface area contributed by atoms with Crippen LogP contribution >= 0.6 is 0 Å². The van der Waals surface area contributed by atoms with Crippen molar-refractivity contribution in [2.45, 2.75) is 32.5 Å². The van der Waals surface area contributed by atoms with E-state index in [0.717, 1.165) is 6.07 Å². The standard InChI is InChI=1S/C21H24N2O7/c1-21(2,3)30-20(26)22(4)13-18(24)14-8-10-17(11-9-14)29-19(25)15-6-5-7-16(12-15)23(27)28/h5-12,18,24H,13H2,1-4H3. The Balaban J connectivity index is 1.99. The summed E-state index contributed by atoms with van der Waals surface area (Å²) in [6, 6.07) is 11.3. The molecule has 2 aromatic carbocycles. The molecule has 1 unspecified atom stereocenters. The van der Waals surface area contributed by atoms with Crippen molar-refractivity contribution in [1.29, 1.82) is 0 Å². The fourth-order valence-electron chi connectivity index (χ4n) is 2.45. The first-order chi connectivity index (χ1) is 14.0. The van der Waals surface area contributed by atoms with E-state index in [1.807, 2.05) is 0 Å². The minimum Gasteiger partial charge on any atom is -0.444 e. The predicted molar refractivity (Wildman–Crippen MR) is 108 cm³/mol. The van der Waals surface area contributed by atoms with Crippen LogP contribution in [0.4, 0.5) is 10.5 Å². The molecule has 30 heavy (non-hydrogen) atoms. The number of carbonyl (C=O) groups excluding carboxylic acids is 2. The molecule has 0 heterocycles. The number of benzene rings is 2. The van der Waals surface area contributed by atoms with Crippen LogP contribution < -0.4 is 4.74 Å². The number of aliphatic hydroxyl groups is 1. The molecule has 2 rings (SSSR count). The number of hydrogen-bond donors (Lipinski definition) is 1. The molecule has 1 amide bonds. The maximum absolute atomic E-state index is 12.2. The van der Waals surface area contributed by atoms with Crippen LogP contribution in [0.15, 0.2) is 48.5 Å². The zero-order valence-electron chi connectivity index (χ0n) is 17.2. The van der Waals surface area contributed by atoms with Gasteiger partial charge in [0.05, 0.1) is 23.1 Å². The largest absolute Gasteiger partial charge is 0.444 e. The van der Waals surface area contributed by atoms with Gasteiger partial charge in [-0.1, -0.05) is 18.2 Å². The minimum atomic E-state index is -0.968. The van der Waals surface area contributed by atoms with Gasteiger partial charge in [0.2, 0.25) is 0 Å². The molecule has 0 spiro atoms. The van der Waals surface area contributed by atoms with Gasteiger partial charge in [0.1, 0.15) is 11.4 Å². The number of hydrogen-bond acceptors (Lipinski definition) is 7. The summed E-state index contributed by atoms with van der Waals surface area (Å²) in [7, 11) is 1.52. The summed E-state index contributed by atoms with van der Waals surface area (Å²) in [4.78, 5) is 35.7. The van der Waals surface area contributed by atoms with Crippen LogP contribution in [0.5, 0.6) is 5.75 Å². The third kappa shape index (κ3) is 6.56. The Morgan fingerprint density at radius 1 is 1.17 bits per heavy atom. The third-order valence-corrected chi connectivity index (χ3v) is 3.92. The lowest BCUT2D eigenvalue weighted by molar-refractivity contribution is -0.384. The first-order valence-corrected chi connectivity index (χ1v) is 9.15. The highest BCUT2D eigenvalue weighted by atomic mass is 16.6. The first-order valence-electron chi connectivity index (χ1n) is 9.15. The molecule has 2 aromatic rings. The highest BCUT2D eigenvalue weighted by Gasteiger charge is 2.22. The van der Waals surface area contributed by atoms with E-state index in [1.54, 1.807) is 32.9 Å². The number of non-ortho nitro benzene ring substituents is 1. The smallest absolute Gasteiger partial charge is 0.410 e. The van der Waals surface area contributed by atoms with Crippen LogP contribution in [0.3, 0.4) is 0 Å². The molecule has 0 bridgehead atoms. The summed E-state index contributed by atoms with van der Waals surface area (Å²) in [5.74, 6) is -0.528. The van der Waals surface area contributed by atoms with Gasteiger partial charge in [-0.3, -0.25) is 10.1 Å². The summed E-state index contributed by atoms with van der Waals surface area (Å²) < 4.78 is 10.5. The molecule has 9 nitrogen and oxygen atoms in total. The van der Waals surface area contributed by atoms with Crippen molar-refractivity contribution in [3.05, 3.63) is 69.8 Å². The quantitative estimate of drug-likeness (QED) is 0.330. The normalized spacial score (nSPS) is 12.0. The monoisotopic (exact) mass is 416 g/mol. The number of rotatable bonds is 6. The Kier molecular flexibility index (Phi) is 7.12. The highest BCUT2D eigenvalue weighted by molar-refractivity contribution is 5.91. The third-order valence-electron chi connectivity index (χ3n) is 3.92. The summed E-state index contributed by atoms with van der Waals surface area (Å²) in [6.45, 7) is 5.27. The molecule has 0 aromatic heterocycles. The number of nitro benzene ring substituents is 1. The van der Waals surface area contributed by atoms with Gasteiger partial charge in [-0.15, -0.1) is 0 Å². The Bertz CT molecular complexity index is 920. The Morgan fingerprint density at radius 2 is 1.80 bits per heavy atom. The van der Waals surface area contributed by atoms with E-state index in [-0.39, 0.29) is 23.5 Å². The Hall–Kier alpha value is -3.46. The van der Waals surface area contributed by atoms with E-state index in [1.165, 1.54) is 42.3 Å². The van der Waals surface area contributed by atoms with Gasteiger partial charge >= 0.3 is 12.1 Å². The van der Waals surface area contributed by atoms with E-state index < -0.39 is 28.7 Å². The van der Waals surface area contributed by atoms with Crippen molar-refractivity contribution in [2.75, 3.05) is 13.6 Å². The Morgan fingerprint density at radius 3 is 2.37 bits per heavy atom. The fourth-order valence-corrected chi connectivity index (χ4v) is 2.45. The van der Waals surface area contributed by atoms with Crippen molar-refractivity contribution in [3.8, 4) is 5.75 Å². The molecule has 0 saturated heterocycles. The second-order valence-electron chi connectivity index (χ2n) is 7.64. The molecular weight excluding hydrogens is 392 g/mol. The number of nitro groups is 1. The number of nitrogens with zero attached hydrogens (tertiary/aromatic N) is 2. The summed E-state index contributed by atoms with van der Waals surface area (Å²) in [5, 5.41) is 21.2. The van der Waals surface area contributed by atoms with Crippen LogP contribution in [-0.2, 0) is 4.74 Å². The van der Waals surface area contributed by atoms with E-state index in [9.17, 15) is 24.8 Å². The van der Waals surface area contributed by atoms with Gasteiger partial charge in [0.15, 0.2) is 0 Å². The van der Waals surface area contributed by atoms with Gasteiger partial charge < -0.3 is 19.5 Å². The minimum absolute atomic E-state index is 0.0156. The molecule has 1 atom stereocenters. The molecule has 0 radical (unpaired) electrons. The van der Waals surface area contributed by atoms with Gasteiger partial charge in [0.25, 0.3) is 5.69 Å². The average Bonchev–Trinajstić information content (AvgIpc) is 2.67. The number of aliphatic hydroxyl groups excluding tert-OH is 1. The van der Waals surface area contributed by atoms with E-state index in [0.29, 0.717) is 5.56 Å². The second-order valence-corrected chi connectivity index (χ2v) is 7.64. The summed E-state index contributed by atoms with van der Waals surface area (Å²) in [5.41, 5.74) is -0.286. The molecule has 0 aliphatic carbocycles. The molecular formula is C21H24N2O7. The van der Waals surface area contributed by atoms with E-state index in [4.69, 9.17) is 9.47 Å².